The van der Waals surface area contributed by atoms with Crippen LogP contribution in [0.2, 0.25) is 0 Å². The second-order valence-electron chi connectivity index (χ2n) is 5.97. The van der Waals surface area contributed by atoms with E-state index in [4.69, 9.17) is 0 Å². The van der Waals surface area contributed by atoms with Crippen LogP contribution in [0.4, 0.5) is 4.79 Å². The molecular weight excluding hydrogens is 214 g/mol. The first-order valence-electron chi connectivity index (χ1n) is 6.83. The van der Waals surface area contributed by atoms with Crippen LogP contribution in [0.5, 0.6) is 0 Å². The van der Waals surface area contributed by atoms with Crippen molar-refractivity contribution >= 4 is 6.03 Å². The van der Waals surface area contributed by atoms with Crippen molar-refractivity contribution in [3.8, 4) is 0 Å². The highest BCUT2D eigenvalue weighted by Crippen LogP contribution is 2.43. The molecule has 0 aromatic carbocycles. The third-order valence-corrected chi connectivity index (χ3v) is 4.61. The molecule has 2 rings (SSSR count). The molecule has 1 aliphatic heterocycles. The predicted molar refractivity (Wildman–Crippen MR) is 68.9 cm³/mol. The average Bonchev–Trinajstić information content (AvgIpc) is 2.52. The maximum atomic E-state index is 11.7. The van der Waals surface area contributed by atoms with Crippen LogP contribution in [0, 0.1) is 11.8 Å². The van der Waals surface area contributed by atoms with Crippen LogP contribution in [-0.2, 0) is 0 Å². The lowest BCUT2D eigenvalue weighted by atomic mass is 9.68. The Hall–Kier alpha value is -0.770. The monoisotopic (exact) mass is 239 g/mol. The van der Waals surface area contributed by atoms with E-state index in [0.717, 1.165) is 19.0 Å². The average molecular weight is 239 g/mol. The van der Waals surface area contributed by atoms with E-state index in [9.17, 15) is 4.79 Å². The van der Waals surface area contributed by atoms with Crippen molar-refractivity contribution in [2.45, 2.75) is 51.6 Å². The summed E-state index contributed by atoms with van der Waals surface area (Å²) in [5.41, 5.74) is 0.221. The zero-order valence-corrected chi connectivity index (χ0v) is 11.2. The first-order chi connectivity index (χ1) is 8.03. The fourth-order valence-corrected chi connectivity index (χ4v) is 2.80. The van der Waals surface area contributed by atoms with Gasteiger partial charge in [0.05, 0.1) is 0 Å². The minimum Gasteiger partial charge on any atom is -0.336 e. The van der Waals surface area contributed by atoms with Crippen LogP contribution >= 0.6 is 0 Å². The standard InChI is InChI=1S/C13H25N3O/c1-9(2)10(3)16-12(17)14-8-13-6-4-11(13)5-7-15-13/h9-11,15H,4-8H2,1-3H3,(H2,14,16,17). The van der Waals surface area contributed by atoms with E-state index in [0.29, 0.717) is 5.92 Å². The summed E-state index contributed by atoms with van der Waals surface area (Å²) >= 11 is 0. The number of carbonyl (C=O) groups excluding carboxylic acids is 1. The fraction of sp³-hybridized carbons (Fsp3) is 0.923. The van der Waals surface area contributed by atoms with Gasteiger partial charge < -0.3 is 16.0 Å². The molecular formula is C13H25N3O. The number of hydrogen-bond acceptors (Lipinski definition) is 2. The fourth-order valence-electron chi connectivity index (χ4n) is 2.80. The van der Waals surface area contributed by atoms with E-state index >= 15 is 0 Å². The van der Waals surface area contributed by atoms with Gasteiger partial charge in [0, 0.05) is 18.1 Å². The second-order valence-corrected chi connectivity index (χ2v) is 5.97. The zero-order valence-electron chi connectivity index (χ0n) is 11.2. The van der Waals surface area contributed by atoms with Crippen molar-refractivity contribution < 1.29 is 4.79 Å². The molecule has 3 atom stereocenters. The van der Waals surface area contributed by atoms with Gasteiger partial charge in [-0.25, -0.2) is 4.79 Å². The quantitative estimate of drug-likeness (QED) is 0.696. The van der Waals surface area contributed by atoms with Gasteiger partial charge in [-0.1, -0.05) is 13.8 Å². The van der Waals surface area contributed by atoms with Crippen LogP contribution in [0.15, 0.2) is 0 Å². The number of nitrogens with one attached hydrogen (secondary N) is 3. The van der Waals surface area contributed by atoms with Crippen LogP contribution in [0.3, 0.4) is 0 Å². The molecule has 0 spiro atoms. The van der Waals surface area contributed by atoms with E-state index in [1.165, 1.54) is 19.3 Å². The highest BCUT2D eigenvalue weighted by atomic mass is 16.2. The van der Waals surface area contributed by atoms with Gasteiger partial charge >= 0.3 is 6.03 Å². The minimum absolute atomic E-state index is 0.0278. The Morgan fingerprint density at radius 1 is 1.41 bits per heavy atom. The maximum Gasteiger partial charge on any atom is 0.315 e. The molecule has 0 aromatic heterocycles. The van der Waals surface area contributed by atoms with Gasteiger partial charge in [0.2, 0.25) is 0 Å². The summed E-state index contributed by atoms with van der Waals surface area (Å²) < 4.78 is 0. The molecule has 1 aliphatic carbocycles. The lowest BCUT2D eigenvalue weighted by Gasteiger charge is -2.45. The zero-order chi connectivity index (χ0) is 12.5. The van der Waals surface area contributed by atoms with Crippen molar-refractivity contribution in [3.63, 3.8) is 0 Å². The van der Waals surface area contributed by atoms with Gasteiger partial charge in [0.25, 0.3) is 0 Å². The molecule has 0 bridgehead atoms. The Morgan fingerprint density at radius 3 is 2.71 bits per heavy atom. The molecule has 3 N–H and O–H groups in total. The molecule has 2 aliphatic rings. The number of carbonyl (C=O) groups is 1. The number of rotatable bonds is 4. The highest BCUT2D eigenvalue weighted by Gasteiger charge is 2.49. The van der Waals surface area contributed by atoms with Gasteiger partial charge in [-0.2, -0.15) is 0 Å². The Balaban J connectivity index is 1.73. The van der Waals surface area contributed by atoms with Crippen molar-refractivity contribution in [2.24, 2.45) is 11.8 Å². The summed E-state index contributed by atoms with van der Waals surface area (Å²) in [5.74, 6) is 1.25. The number of amides is 2. The summed E-state index contributed by atoms with van der Waals surface area (Å²) in [4.78, 5) is 11.7. The maximum absolute atomic E-state index is 11.7. The van der Waals surface area contributed by atoms with Crippen LogP contribution in [0.25, 0.3) is 0 Å². The van der Waals surface area contributed by atoms with Crippen LogP contribution < -0.4 is 16.0 Å². The summed E-state index contributed by atoms with van der Waals surface area (Å²) in [6, 6.07) is 0.196. The summed E-state index contributed by atoms with van der Waals surface area (Å²) in [5, 5.41) is 9.56. The van der Waals surface area contributed by atoms with Crippen molar-refractivity contribution in [1.82, 2.24) is 16.0 Å². The molecule has 2 amide bonds. The molecule has 0 aromatic rings. The number of urea groups is 1. The molecule has 17 heavy (non-hydrogen) atoms. The van der Waals surface area contributed by atoms with E-state index in [-0.39, 0.29) is 17.6 Å². The largest absolute Gasteiger partial charge is 0.336 e. The van der Waals surface area contributed by atoms with Gasteiger partial charge in [-0.15, -0.1) is 0 Å². The van der Waals surface area contributed by atoms with Crippen molar-refractivity contribution in [1.29, 1.82) is 0 Å². The summed E-state index contributed by atoms with van der Waals surface area (Å²) in [6.45, 7) is 8.15. The number of fused-ring (bicyclic) bond motifs is 1. The van der Waals surface area contributed by atoms with E-state index in [1.807, 2.05) is 6.92 Å². The van der Waals surface area contributed by atoms with Gasteiger partial charge in [0.1, 0.15) is 0 Å². The second kappa shape index (κ2) is 4.84. The van der Waals surface area contributed by atoms with Crippen molar-refractivity contribution in [3.05, 3.63) is 0 Å². The van der Waals surface area contributed by atoms with Crippen LogP contribution in [0.1, 0.15) is 40.0 Å². The van der Waals surface area contributed by atoms with Crippen molar-refractivity contribution in [2.75, 3.05) is 13.1 Å². The Morgan fingerprint density at radius 2 is 2.18 bits per heavy atom. The van der Waals surface area contributed by atoms with Gasteiger partial charge in [-0.3, -0.25) is 0 Å². The molecule has 1 heterocycles. The molecule has 2 fully saturated rings. The molecule has 4 heteroatoms. The molecule has 0 radical (unpaired) electrons. The molecule has 1 saturated heterocycles. The van der Waals surface area contributed by atoms with Gasteiger partial charge in [-0.05, 0) is 44.6 Å². The topological polar surface area (TPSA) is 53.2 Å². The summed E-state index contributed by atoms with van der Waals surface area (Å²) in [6.07, 6.45) is 3.79. The Labute approximate surface area is 104 Å². The van der Waals surface area contributed by atoms with Crippen LogP contribution in [-0.4, -0.2) is 30.7 Å². The third-order valence-electron chi connectivity index (χ3n) is 4.61. The van der Waals surface area contributed by atoms with E-state index in [2.05, 4.69) is 29.8 Å². The minimum atomic E-state index is -0.0278. The molecule has 3 unspecified atom stereocenters. The lowest BCUT2D eigenvalue weighted by Crippen LogP contribution is -2.60. The van der Waals surface area contributed by atoms with E-state index in [1.54, 1.807) is 0 Å². The molecule has 4 nitrogen and oxygen atoms in total. The van der Waals surface area contributed by atoms with E-state index < -0.39 is 0 Å². The Bertz CT molecular complexity index is 292. The number of hydrogen-bond donors (Lipinski definition) is 3. The predicted octanol–water partition coefficient (Wildman–Crippen LogP) is 1.47. The third kappa shape index (κ3) is 2.57. The SMILES string of the molecule is CC(C)C(C)NC(=O)NCC12CCC1CCN2. The van der Waals surface area contributed by atoms with Gasteiger partial charge in [0.15, 0.2) is 0 Å². The summed E-state index contributed by atoms with van der Waals surface area (Å²) in [7, 11) is 0. The molecule has 98 valence electrons. The molecule has 1 saturated carbocycles. The normalized spacial score (nSPS) is 32.8. The smallest absolute Gasteiger partial charge is 0.315 e. The lowest BCUT2D eigenvalue weighted by molar-refractivity contribution is 0.134. The first-order valence-corrected chi connectivity index (χ1v) is 6.83. The Kier molecular flexibility index (Phi) is 3.61. The highest BCUT2D eigenvalue weighted by molar-refractivity contribution is 5.74. The first kappa shape index (κ1) is 12.7.